The Morgan fingerprint density at radius 2 is 2.10 bits per heavy atom. The number of benzene rings is 1. The third-order valence-electron chi connectivity index (χ3n) is 3.33. The number of methoxy groups -OCH3 is 1. The number of rotatable bonds is 6. The van der Waals surface area contributed by atoms with Crippen LogP contribution in [0.1, 0.15) is 5.56 Å². The highest BCUT2D eigenvalue weighted by Crippen LogP contribution is 2.12. The molecule has 0 spiro atoms. The molecule has 1 fully saturated rings. The van der Waals surface area contributed by atoms with Crippen molar-refractivity contribution in [2.45, 2.75) is 12.1 Å². The summed E-state index contributed by atoms with van der Waals surface area (Å²) in [5.74, 6) is 0.640. The van der Waals surface area contributed by atoms with Gasteiger partial charge in [0.15, 0.2) is 9.84 Å². The van der Waals surface area contributed by atoms with E-state index in [0.29, 0.717) is 13.1 Å². The van der Waals surface area contributed by atoms with E-state index in [1.165, 1.54) is 0 Å². The number of nitrogens with zero attached hydrogens (tertiary/aromatic N) is 1. The number of nitrogens with one attached hydrogen (secondary N) is 1. The molecule has 2 N–H and O–H groups in total. The van der Waals surface area contributed by atoms with Crippen molar-refractivity contribution in [3.05, 3.63) is 29.8 Å². The zero-order chi connectivity index (χ0) is 15.3. The van der Waals surface area contributed by atoms with Crippen molar-refractivity contribution in [1.82, 2.24) is 5.32 Å². The predicted octanol–water partition coefficient (Wildman–Crippen LogP) is -0.138. The summed E-state index contributed by atoms with van der Waals surface area (Å²) in [5, 5.41) is 12.6. The lowest BCUT2D eigenvalue weighted by molar-refractivity contribution is 0.167. The Bertz CT molecular complexity index is 583. The molecule has 0 unspecified atom stereocenters. The van der Waals surface area contributed by atoms with Gasteiger partial charge >= 0.3 is 0 Å². The fourth-order valence-electron chi connectivity index (χ4n) is 2.20. The molecular weight excluding hydrogens is 292 g/mol. The highest BCUT2D eigenvalue weighted by molar-refractivity contribution is 7.91. The number of hydrogen-bond donors (Lipinski definition) is 2. The van der Waals surface area contributed by atoms with Crippen LogP contribution in [-0.4, -0.2) is 63.6 Å². The number of ether oxygens (including phenoxy) is 1. The molecule has 21 heavy (non-hydrogen) atoms. The van der Waals surface area contributed by atoms with Gasteiger partial charge in [-0.25, -0.2) is 8.42 Å². The maximum absolute atomic E-state index is 11.3. The van der Waals surface area contributed by atoms with E-state index in [1.807, 2.05) is 24.3 Å². The number of aliphatic imine (C=N–C) groups is 1. The average molecular weight is 312 g/mol. The van der Waals surface area contributed by atoms with Gasteiger partial charge in [-0.05, 0) is 29.8 Å². The summed E-state index contributed by atoms with van der Waals surface area (Å²) in [5.41, 5.74) is 0.972. The van der Waals surface area contributed by atoms with Gasteiger partial charge in [0.2, 0.25) is 0 Å². The molecule has 0 radical (unpaired) electrons. The zero-order valence-corrected chi connectivity index (χ0v) is 12.7. The second-order valence-corrected chi connectivity index (χ2v) is 7.17. The number of hydrogen-bond acceptors (Lipinski definition) is 6. The van der Waals surface area contributed by atoms with E-state index < -0.39 is 15.9 Å². The quantitative estimate of drug-likeness (QED) is 0.564. The van der Waals surface area contributed by atoms with Crippen LogP contribution in [-0.2, 0) is 9.84 Å². The average Bonchev–Trinajstić information content (AvgIpc) is 2.72. The van der Waals surface area contributed by atoms with Crippen LogP contribution in [0, 0.1) is 0 Å². The van der Waals surface area contributed by atoms with E-state index in [0.717, 1.165) is 11.3 Å². The minimum atomic E-state index is -3.10. The Balaban J connectivity index is 1.73. The minimum Gasteiger partial charge on any atom is -0.497 e. The first-order valence-corrected chi connectivity index (χ1v) is 8.58. The van der Waals surface area contributed by atoms with Crippen LogP contribution in [0.5, 0.6) is 5.75 Å². The first-order chi connectivity index (χ1) is 10.00. The summed E-state index contributed by atoms with van der Waals surface area (Å²) in [6, 6.07) is 7.15. The van der Waals surface area contributed by atoms with Crippen molar-refractivity contribution in [2.75, 3.05) is 31.7 Å². The normalized spacial score (nSPS) is 24.5. The fraction of sp³-hybridized carbons (Fsp3) is 0.500. The van der Waals surface area contributed by atoms with E-state index in [2.05, 4.69) is 10.3 Å². The molecule has 1 heterocycles. The van der Waals surface area contributed by atoms with Crippen molar-refractivity contribution >= 4 is 16.1 Å². The van der Waals surface area contributed by atoms with Gasteiger partial charge in [0.05, 0.1) is 31.3 Å². The Hall–Kier alpha value is -1.44. The third-order valence-corrected chi connectivity index (χ3v) is 5.04. The molecule has 2 rings (SSSR count). The largest absolute Gasteiger partial charge is 0.497 e. The van der Waals surface area contributed by atoms with Crippen molar-refractivity contribution < 1.29 is 18.3 Å². The second-order valence-electron chi connectivity index (χ2n) is 5.01. The van der Waals surface area contributed by atoms with Crippen LogP contribution in [0.2, 0.25) is 0 Å². The van der Waals surface area contributed by atoms with Gasteiger partial charge in [-0.1, -0.05) is 0 Å². The summed E-state index contributed by atoms with van der Waals surface area (Å²) < 4.78 is 27.7. The fourth-order valence-corrected chi connectivity index (χ4v) is 3.97. The van der Waals surface area contributed by atoms with Crippen LogP contribution in [0.4, 0.5) is 0 Å². The zero-order valence-electron chi connectivity index (χ0n) is 11.9. The van der Waals surface area contributed by atoms with Gasteiger partial charge in [0.1, 0.15) is 5.75 Å². The van der Waals surface area contributed by atoms with Crippen molar-refractivity contribution in [3.8, 4) is 5.75 Å². The molecule has 0 bridgehead atoms. The van der Waals surface area contributed by atoms with Crippen LogP contribution in [0.25, 0.3) is 0 Å². The highest BCUT2D eigenvalue weighted by atomic mass is 32.2. The summed E-state index contributed by atoms with van der Waals surface area (Å²) >= 11 is 0. The first-order valence-electron chi connectivity index (χ1n) is 6.76. The van der Waals surface area contributed by atoms with Gasteiger partial charge in [0.25, 0.3) is 0 Å². The summed E-state index contributed by atoms with van der Waals surface area (Å²) in [4.78, 5) is 4.26. The number of sulfone groups is 1. The van der Waals surface area contributed by atoms with Crippen molar-refractivity contribution in [1.29, 1.82) is 0 Å². The Labute approximate surface area is 124 Å². The van der Waals surface area contributed by atoms with E-state index in [-0.39, 0.29) is 17.5 Å². The molecule has 1 aromatic carbocycles. The molecule has 0 aromatic heterocycles. The van der Waals surface area contributed by atoms with Crippen molar-refractivity contribution in [3.63, 3.8) is 0 Å². The summed E-state index contributed by atoms with van der Waals surface area (Å²) in [6.45, 7) is 1.05. The van der Waals surface area contributed by atoms with E-state index in [9.17, 15) is 13.5 Å². The molecule has 0 amide bonds. The topological polar surface area (TPSA) is 88.0 Å². The molecule has 1 saturated heterocycles. The second kappa shape index (κ2) is 7.02. The molecule has 1 aromatic rings. The lowest BCUT2D eigenvalue weighted by atomic mass is 10.2. The molecule has 116 valence electrons. The molecule has 0 saturated carbocycles. The molecule has 1 aliphatic rings. The van der Waals surface area contributed by atoms with Crippen LogP contribution in [0.15, 0.2) is 29.3 Å². The van der Waals surface area contributed by atoms with Crippen LogP contribution >= 0.6 is 0 Å². The molecule has 6 nitrogen and oxygen atoms in total. The monoisotopic (exact) mass is 312 g/mol. The van der Waals surface area contributed by atoms with Crippen LogP contribution < -0.4 is 10.1 Å². The van der Waals surface area contributed by atoms with Gasteiger partial charge < -0.3 is 15.2 Å². The van der Waals surface area contributed by atoms with Crippen LogP contribution in [0.3, 0.4) is 0 Å². The molecular formula is C14H20N2O4S. The Morgan fingerprint density at radius 3 is 2.67 bits per heavy atom. The maximum Gasteiger partial charge on any atom is 0.154 e. The summed E-state index contributed by atoms with van der Waals surface area (Å²) in [6.07, 6.45) is 0.934. The van der Waals surface area contributed by atoms with Crippen molar-refractivity contribution in [2.24, 2.45) is 4.99 Å². The van der Waals surface area contributed by atoms with E-state index in [1.54, 1.807) is 13.3 Å². The molecule has 2 atom stereocenters. The Morgan fingerprint density at radius 1 is 1.38 bits per heavy atom. The standard InChI is InChI=1S/C14H20N2O4S/c1-20-12-4-2-11(3-5-12)8-15-6-7-16-13-9-21(18,19)10-14(13)17/h2-5,8,13-14,16-17H,6-7,9-10H2,1H3/t13-,14+/m0/s1. The molecule has 1 aliphatic heterocycles. The van der Waals surface area contributed by atoms with Gasteiger partial charge in [-0.3, -0.25) is 4.99 Å². The highest BCUT2D eigenvalue weighted by Gasteiger charge is 2.35. The lowest BCUT2D eigenvalue weighted by Crippen LogP contribution is -2.40. The number of aliphatic hydroxyl groups is 1. The number of aliphatic hydroxyl groups excluding tert-OH is 1. The first kappa shape index (κ1) is 15.9. The lowest BCUT2D eigenvalue weighted by Gasteiger charge is -2.13. The molecule has 7 heteroatoms. The Kier molecular flexibility index (Phi) is 5.33. The SMILES string of the molecule is COc1ccc(C=NCCN[C@H]2CS(=O)(=O)C[C@H]2O)cc1. The third kappa shape index (κ3) is 4.80. The van der Waals surface area contributed by atoms with E-state index in [4.69, 9.17) is 4.74 Å². The smallest absolute Gasteiger partial charge is 0.154 e. The summed E-state index contributed by atoms with van der Waals surface area (Å²) in [7, 11) is -1.48. The van der Waals surface area contributed by atoms with Gasteiger partial charge in [0, 0.05) is 18.8 Å². The van der Waals surface area contributed by atoms with E-state index >= 15 is 0 Å². The van der Waals surface area contributed by atoms with Gasteiger partial charge in [-0.2, -0.15) is 0 Å². The molecule has 0 aliphatic carbocycles. The minimum absolute atomic E-state index is 0.00361. The predicted molar refractivity (Wildman–Crippen MR) is 81.9 cm³/mol. The van der Waals surface area contributed by atoms with Gasteiger partial charge in [-0.15, -0.1) is 0 Å². The maximum atomic E-state index is 11.3.